The normalized spacial score (nSPS) is 14.2. The van der Waals surface area contributed by atoms with Crippen LogP contribution in [0.2, 0.25) is 0 Å². The quantitative estimate of drug-likeness (QED) is 0.701. The van der Waals surface area contributed by atoms with Gasteiger partial charge in [-0.25, -0.2) is 9.78 Å². The third-order valence-electron chi connectivity index (χ3n) is 3.71. The Kier molecular flexibility index (Phi) is 3.93. The van der Waals surface area contributed by atoms with Crippen LogP contribution in [0.5, 0.6) is 0 Å². The van der Waals surface area contributed by atoms with Crippen LogP contribution in [0.3, 0.4) is 0 Å². The Bertz CT molecular complexity index is 968. The van der Waals surface area contributed by atoms with Gasteiger partial charge in [-0.3, -0.25) is 4.79 Å². The zero-order valence-corrected chi connectivity index (χ0v) is 14.5. The molecule has 6 nitrogen and oxygen atoms in total. The van der Waals surface area contributed by atoms with E-state index in [0.29, 0.717) is 28.9 Å². The molecular weight excluding hydrogens is 348 g/mol. The van der Waals surface area contributed by atoms with Crippen molar-refractivity contribution in [1.29, 1.82) is 0 Å². The molecule has 1 N–H and O–H groups in total. The molecular formula is C16H14N2O4S2. The lowest BCUT2D eigenvalue weighted by Crippen LogP contribution is -2.25. The van der Waals surface area contributed by atoms with Gasteiger partial charge >= 0.3 is 5.82 Å². The number of carbonyl (C=O) groups is 1. The molecule has 4 rings (SSSR count). The molecule has 0 atom stereocenters. The number of nitrogens with zero attached hydrogens (tertiary/aromatic N) is 1. The van der Waals surface area contributed by atoms with Crippen molar-refractivity contribution in [3.05, 3.63) is 45.9 Å². The van der Waals surface area contributed by atoms with Crippen molar-refractivity contribution < 1.29 is 13.6 Å². The van der Waals surface area contributed by atoms with E-state index in [0.717, 1.165) is 27.4 Å². The molecule has 0 unspecified atom stereocenters. The maximum absolute atomic E-state index is 12.1. The predicted octanol–water partition coefficient (Wildman–Crippen LogP) is 3.34. The van der Waals surface area contributed by atoms with E-state index >= 15 is 0 Å². The second kappa shape index (κ2) is 6.10. The molecule has 1 fully saturated rings. The fraction of sp³-hybridized carbons (Fsp3) is 0.312. The second-order valence-corrected chi connectivity index (χ2v) is 7.89. The monoisotopic (exact) mass is 362 g/mol. The van der Waals surface area contributed by atoms with Crippen molar-refractivity contribution in [3.63, 3.8) is 0 Å². The van der Waals surface area contributed by atoms with Crippen molar-refractivity contribution >= 4 is 39.2 Å². The number of carbonyl (C=O) groups excluding carboxylic acids is 1. The van der Waals surface area contributed by atoms with E-state index in [-0.39, 0.29) is 5.91 Å². The fourth-order valence-electron chi connectivity index (χ4n) is 2.24. The van der Waals surface area contributed by atoms with Crippen LogP contribution in [0, 0.1) is 6.92 Å². The van der Waals surface area contributed by atoms with E-state index in [1.807, 2.05) is 18.2 Å². The average Bonchev–Trinajstić information content (AvgIpc) is 3.17. The highest BCUT2D eigenvalue weighted by Crippen LogP contribution is 2.32. The van der Waals surface area contributed by atoms with Crippen LogP contribution in [0.15, 0.2) is 36.2 Å². The SMILES string of the molecule is Cc1oc(=O)oc1CSc1nc2cc(C(=O)NC3CC3)ccc2s1. The van der Waals surface area contributed by atoms with Crippen LogP contribution in [-0.2, 0) is 5.75 Å². The lowest BCUT2D eigenvalue weighted by molar-refractivity contribution is 0.0951. The zero-order chi connectivity index (χ0) is 16.7. The Balaban J connectivity index is 1.51. The highest BCUT2D eigenvalue weighted by molar-refractivity contribution is 8.00. The molecule has 3 aromatic rings. The molecule has 0 saturated heterocycles. The average molecular weight is 362 g/mol. The first kappa shape index (κ1) is 15.5. The molecule has 1 saturated carbocycles. The number of thiazole rings is 1. The minimum Gasteiger partial charge on any atom is -0.396 e. The highest BCUT2D eigenvalue weighted by atomic mass is 32.2. The predicted molar refractivity (Wildman–Crippen MR) is 91.7 cm³/mol. The van der Waals surface area contributed by atoms with E-state index in [4.69, 9.17) is 8.83 Å². The van der Waals surface area contributed by atoms with Gasteiger partial charge < -0.3 is 14.2 Å². The van der Waals surface area contributed by atoms with Gasteiger partial charge in [-0.1, -0.05) is 11.8 Å². The number of aryl methyl sites for hydroxylation is 1. The maximum Gasteiger partial charge on any atom is 0.519 e. The van der Waals surface area contributed by atoms with Crippen LogP contribution in [0.25, 0.3) is 10.2 Å². The van der Waals surface area contributed by atoms with Crippen molar-refractivity contribution in [3.8, 4) is 0 Å². The summed E-state index contributed by atoms with van der Waals surface area (Å²) in [5.41, 5.74) is 1.43. The molecule has 1 aliphatic carbocycles. The Morgan fingerprint density at radius 3 is 2.96 bits per heavy atom. The van der Waals surface area contributed by atoms with E-state index in [9.17, 15) is 9.59 Å². The third kappa shape index (κ3) is 3.25. The summed E-state index contributed by atoms with van der Waals surface area (Å²) in [5, 5.41) is 2.98. The van der Waals surface area contributed by atoms with Crippen molar-refractivity contribution in [2.75, 3.05) is 0 Å². The lowest BCUT2D eigenvalue weighted by Gasteiger charge is -2.02. The summed E-state index contributed by atoms with van der Waals surface area (Å²) in [6.07, 6.45) is 2.13. The first-order valence-electron chi connectivity index (χ1n) is 7.52. The molecule has 1 amide bonds. The number of rotatable bonds is 5. The Labute approximate surface area is 145 Å². The molecule has 2 aromatic heterocycles. The third-order valence-corrected chi connectivity index (χ3v) is 5.88. The van der Waals surface area contributed by atoms with Crippen LogP contribution in [-0.4, -0.2) is 16.9 Å². The molecule has 24 heavy (non-hydrogen) atoms. The topological polar surface area (TPSA) is 85.3 Å². The molecule has 0 radical (unpaired) electrons. The molecule has 0 aliphatic heterocycles. The van der Waals surface area contributed by atoms with E-state index in [2.05, 4.69) is 10.3 Å². The van der Waals surface area contributed by atoms with Gasteiger partial charge in [-0.05, 0) is 38.0 Å². The van der Waals surface area contributed by atoms with Gasteiger partial charge in [-0.2, -0.15) is 0 Å². The van der Waals surface area contributed by atoms with Crippen molar-refractivity contribution in [2.45, 2.75) is 35.9 Å². The summed E-state index contributed by atoms with van der Waals surface area (Å²) in [6, 6.07) is 5.90. The largest absolute Gasteiger partial charge is 0.519 e. The summed E-state index contributed by atoms with van der Waals surface area (Å²) >= 11 is 3.02. The Morgan fingerprint density at radius 1 is 1.42 bits per heavy atom. The second-order valence-electron chi connectivity index (χ2n) is 5.63. The standard InChI is InChI=1S/C16H14N2O4S2/c1-8-12(22-16(20)21-8)7-23-15-18-11-6-9(2-5-13(11)24-15)14(19)17-10-3-4-10/h2,5-6,10H,3-4,7H2,1H3,(H,17,19). The fourth-order valence-corrected chi connectivity index (χ4v) is 4.28. The van der Waals surface area contributed by atoms with E-state index in [1.165, 1.54) is 11.8 Å². The van der Waals surface area contributed by atoms with Crippen molar-refractivity contribution in [2.24, 2.45) is 0 Å². The lowest BCUT2D eigenvalue weighted by atomic mass is 10.2. The van der Waals surface area contributed by atoms with Gasteiger partial charge in [-0.15, -0.1) is 11.3 Å². The van der Waals surface area contributed by atoms with Crippen LogP contribution in [0.1, 0.15) is 34.7 Å². The number of thioether (sulfide) groups is 1. The number of hydrogen-bond donors (Lipinski definition) is 1. The number of amides is 1. The highest BCUT2D eigenvalue weighted by Gasteiger charge is 2.24. The Morgan fingerprint density at radius 2 is 2.25 bits per heavy atom. The summed E-state index contributed by atoms with van der Waals surface area (Å²) in [6.45, 7) is 1.70. The molecule has 0 bridgehead atoms. The number of fused-ring (bicyclic) bond motifs is 1. The van der Waals surface area contributed by atoms with Crippen LogP contribution in [0.4, 0.5) is 0 Å². The van der Waals surface area contributed by atoms with Gasteiger partial charge in [0.05, 0.1) is 16.0 Å². The zero-order valence-electron chi connectivity index (χ0n) is 12.8. The van der Waals surface area contributed by atoms with Gasteiger partial charge in [0, 0.05) is 11.6 Å². The van der Waals surface area contributed by atoms with Gasteiger partial charge in [0.2, 0.25) is 0 Å². The smallest absolute Gasteiger partial charge is 0.396 e. The molecule has 1 aliphatic rings. The van der Waals surface area contributed by atoms with Crippen LogP contribution >= 0.6 is 23.1 Å². The summed E-state index contributed by atoms with van der Waals surface area (Å²) in [4.78, 5) is 27.7. The summed E-state index contributed by atoms with van der Waals surface area (Å²) < 4.78 is 11.7. The van der Waals surface area contributed by atoms with E-state index < -0.39 is 5.82 Å². The van der Waals surface area contributed by atoms with Gasteiger partial charge in [0.1, 0.15) is 5.76 Å². The summed E-state index contributed by atoms with van der Waals surface area (Å²) in [7, 11) is 0. The number of hydrogen-bond acceptors (Lipinski definition) is 7. The first-order valence-corrected chi connectivity index (χ1v) is 9.32. The molecule has 1 aromatic carbocycles. The number of nitrogens with one attached hydrogen (secondary N) is 1. The molecule has 8 heteroatoms. The van der Waals surface area contributed by atoms with E-state index in [1.54, 1.807) is 18.3 Å². The maximum atomic E-state index is 12.1. The number of aromatic nitrogens is 1. The minimum absolute atomic E-state index is 0.0441. The number of benzene rings is 1. The van der Waals surface area contributed by atoms with Crippen molar-refractivity contribution in [1.82, 2.24) is 10.3 Å². The first-order chi connectivity index (χ1) is 11.6. The van der Waals surface area contributed by atoms with Gasteiger partial charge in [0.25, 0.3) is 5.91 Å². The minimum atomic E-state index is -0.682. The molecule has 0 spiro atoms. The van der Waals surface area contributed by atoms with Gasteiger partial charge in [0.15, 0.2) is 10.1 Å². The summed E-state index contributed by atoms with van der Waals surface area (Å²) in [5.74, 6) is 0.768. The Hall–Kier alpha value is -2.06. The van der Waals surface area contributed by atoms with Crippen LogP contribution < -0.4 is 11.1 Å². The molecule has 124 valence electrons. The molecule has 2 heterocycles.